The van der Waals surface area contributed by atoms with E-state index in [2.05, 4.69) is 4.84 Å². The van der Waals surface area contributed by atoms with E-state index in [1.165, 1.54) is 0 Å². The van der Waals surface area contributed by atoms with Crippen LogP contribution in [-0.4, -0.2) is 0 Å². The van der Waals surface area contributed by atoms with Gasteiger partial charge in [0.05, 0.1) is 5.69 Å². The molecule has 0 spiro atoms. The molecule has 1 rings (SSSR count). The van der Waals surface area contributed by atoms with Crippen molar-refractivity contribution in [1.82, 2.24) is 0 Å². The smallest absolute Gasteiger partial charge is 0.171 e. The van der Waals surface area contributed by atoms with E-state index in [4.69, 9.17) is 17.4 Å². The SMILES string of the molecule is CC(C)c1ccc(ON)c(N)c1N. The maximum atomic E-state index is 5.80. The molecule has 0 radical (unpaired) electrons. The van der Waals surface area contributed by atoms with Crippen LogP contribution in [0.4, 0.5) is 11.4 Å². The van der Waals surface area contributed by atoms with Gasteiger partial charge in [-0.25, -0.2) is 0 Å². The van der Waals surface area contributed by atoms with Crippen LogP contribution in [0.1, 0.15) is 25.3 Å². The van der Waals surface area contributed by atoms with Crippen molar-refractivity contribution in [2.45, 2.75) is 19.8 Å². The summed E-state index contributed by atoms with van der Waals surface area (Å²) in [4.78, 5) is 4.56. The Bertz CT molecular complexity index is 310. The van der Waals surface area contributed by atoms with Gasteiger partial charge >= 0.3 is 0 Å². The van der Waals surface area contributed by atoms with E-state index in [-0.39, 0.29) is 0 Å². The second-order valence-electron chi connectivity index (χ2n) is 3.25. The Morgan fingerprint density at radius 1 is 1.15 bits per heavy atom. The Morgan fingerprint density at radius 2 is 1.77 bits per heavy atom. The second-order valence-corrected chi connectivity index (χ2v) is 3.25. The Hall–Kier alpha value is -1.42. The maximum absolute atomic E-state index is 5.80. The lowest BCUT2D eigenvalue weighted by molar-refractivity contribution is 0.336. The van der Waals surface area contributed by atoms with Crippen molar-refractivity contribution in [3.05, 3.63) is 17.7 Å². The number of hydrogen-bond donors (Lipinski definition) is 3. The summed E-state index contributed by atoms with van der Waals surface area (Å²) >= 11 is 0. The third-order valence-electron chi connectivity index (χ3n) is 2.03. The van der Waals surface area contributed by atoms with Crippen LogP contribution in [0.25, 0.3) is 0 Å². The summed E-state index contributed by atoms with van der Waals surface area (Å²) in [7, 11) is 0. The monoisotopic (exact) mass is 181 g/mol. The first-order chi connectivity index (χ1) is 6.07. The minimum atomic E-state index is 0.342. The fourth-order valence-corrected chi connectivity index (χ4v) is 1.24. The summed E-state index contributed by atoms with van der Waals surface area (Å²) in [6, 6.07) is 3.60. The Kier molecular flexibility index (Phi) is 2.63. The molecule has 72 valence electrons. The normalized spacial score (nSPS) is 10.5. The van der Waals surface area contributed by atoms with Crippen molar-refractivity contribution >= 4 is 11.4 Å². The molecular weight excluding hydrogens is 166 g/mol. The van der Waals surface area contributed by atoms with Crippen LogP contribution >= 0.6 is 0 Å². The van der Waals surface area contributed by atoms with Gasteiger partial charge in [0.2, 0.25) is 0 Å². The summed E-state index contributed by atoms with van der Waals surface area (Å²) in [6.45, 7) is 4.10. The van der Waals surface area contributed by atoms with Crippen LogP contribution < -0.4 is 22.2 Å². The van der Waals surface area contributed by atoms with Crippen LogP contribution in [0.5, 0.6) is 5.75 Å². The van der Waals surface area contributed by atoms with Crippen molar-refractivity contribution < 1.29 is 4.84 Å². The lowest BCUT2D eigenvalue weighted by Crippen LogP contribution is -2.08. The summed E-state index contributed by atoms with van der Waals surface area (Å²) < 4.78 is 0. The predicted octanol–water partition coefficient (Wildman–Crippen LogP) is 1.23. The van der Waals surface area contributed by atoms with E-state index >= 15 is 0 Å². The number of nitrogen functional groups attached to an aromatic ring is 2. The molecule has 0 aliphatic carbocycles. The van der Waals surface area contributed by atoms with Crippen LogP contribution in [0.15, 0.2) is 12.1 Å². The molecule has 4 nitrogen and oxygen atoms in total. The summed E-state index contributed by atoms with van der Waals surface area (Å²) in [6.07, 6.45) is 0. The van der Waals surface area contributed by atoms with Crippen LogP contribution in [-0.2, 0) is 0 Å². The molecule has 0 unspecified atom stereocenters. The van der Waals surface area contributed by atoms with Gasteiger partial charge in [-0.1, -0.05) is 19.9 Å². The van der Waals surface area contributed by atoms with E-state index in [0.29, 0.717) is 23.0 Å². The predicted molar refractivity (Wildman–Crippen MR) is 54.2 cm³/mol. The fourth-order valence-electron chi connectivity index (χ4n) is 1.24. The molecule has 1 aromatic carbocycles. The molecule has 6 N–H and O–H groups in total. The van der Waals surface area contributed by atoms with Gasteiger partial charge in [-0.3, -0.25) is 0 Å². The van der Waals surface area contributed by atoms with Gasteiger partial charge in [0.1, 0.15) is 5.69 Å². The van der Waals surface area contributed by atoms with E-state index < -0.39 is 0 Å². The molecule has 0 bridgehead atoms. The number of anilines is 2. The highest BCUT2D eigenvalue weighted by atomic mass is 16.6. The lowest BCUT2D eigenvalue weighted by Gasteiger charge is -2.13. The standard InChI is InChI=1S/C9H15N3O/c1-5(2)6-3-4-7(13-12)9(11)8(6)10/h3-5H,10-12H2,1-2H3. The average molecular weight is 181 g/mol. The number of rotatable bonds is 2. The fraction of sp³-hybridized carbons (Fsp3) is 0.333. The summed E-state index contributed by atoms with van der Waals surface area (Å²) in [5.41, 5.74) is 13.5. The van der Waals surface area contributed by atoms with Crippen molar-refractivity contribution in [2.75, 3.05) is 11.5 Å². The molecule has 4 heteroatoms. The van der Waals surface area contributed by atoms with E-state index in [1.54, 1.807) is 6.07 Å². The summed E-state index contributed by atoms with van der Waals surface area (Å²) in [5, 5.41) is 0. The average Bonchev–Trinajstić information content (AvgIpc) is 2.09. The van der Waals surface area contributed by atoms with E-state index in [9.17, 15) is 0 Å². The highest BCUT2D eigenvalue weighted by Crippen LogP contribution is 2.33. The Balaban J connectivity index is 3.23. The number of benzene rings is 1. The molecule has 0 saturated carbocycles. The minimum Gasteiger partial charge on any atom is -0.409 e. The van der Waals surface area contributed by atoms with Gasteiger partial charge in [-0.2, -0.15) is 5.90 Å². The first-order valence-corrected chi connectivity index (χ1v) is 4.12. The molecule has 0 heterocycles. The van der Waals surface area contributed by atoms with Gasteiger partial charge in [-0.15, -0.1) is 0 Å². The van der Waals surface area contributed by atoms with Crippen molar-refractivity contribution in [2.24, 2.45) is 5.90 Å². The van der Waals surface area contributed by atoms with Gasteiger partial charge in [0.15, 0.2) is 5.75 Å². The van der Waals surface area contributed by atoms with Crippen LogP contribution in [0, 0.1) is 0 Å². The van der Waals surface area contributed by atoms with Gasteiger partial charge in [0, 0.05) is 0 Å². The van der Waals surface area contributed by atoms with Crippen molar-refractivity contribution in [3.8, 4) is 5.75 Å². The zero-order valence-electron chi connectivity index (χ0n) is 7.87. The largest absolute Gasteiger partial charge is 0.409 e. The highest BCUT2D eigenvalue weighted by molar-refractivity contribution is 5.74. The number of nitrogens with two attached hydrogens (primary N) is 3. The molecule has 0 aliphatic rings. The third-order valence-corrected chi connectivity index (χ3v) is 2.03. The van der Waals surface area contributed by atoms with Gasteiger partial charge in [-0.05, 0) is 17.5 Å². The molecule has 0 saturated heterocycles. The first-order valence-electron chi connectivity index (χ1n) is 4.12. The molecule has 0 aromatic heterocycles. The number of hydrogen-bond acceptors (Lipinski definition) is 4. The molecule has 0 fully saturated rings. The van der Waals surface area contributed by atoms with Crippen LogP contribution in [0.2, 0.25) is 0 Å². The van der Waals surface area contributed by atoms with Crippen molar-refractivity contribution in [3.63, 3.8) is 0 Å². The highest BCUT2D eigenvalue weighted by Gasteiger charge is 2.10. The molecular formula is C9H15N3O. The first kappa shape index (κ1) is 9.67. The third kappa shape index (κ3) is 1.67. The molecule has 0 atom stereocenters. The zero-order valence-corrected chi connectivity index (χ0v) is 7.87. The minimum absolute atomic E-state index is 0.342. The van der Waals surface area contributed by atoms with Crippen molar-refractivity contribution in [1.29, 1.82) is 0 Å². The Morgan fingerprint density at radius 3 is 2.23 bits per heavy atom. The van der Waals surface area contributed by atoms with Gasteiger partial charge < -0.3 is 16.3 Å². The zero-order chi connectivity index (χ0) is 10.0. The van der Waals surface area contributed by atoms with Gasteiger partial charge in [0.25, 0.3) is 0 Å². The molecule has 0 amide bonds. The van der Waals surface area contributed by atoms with E-state index in [0.717, 1.165) is 5.56 Å². The molecule has 1 aromatic rings. The Labute approximate surface area is 77.6 Å². The quantitative estimate of drug-likeness (QED) is 0.473. The van der Waals surface area contributed by atoms with Crippen LogP contribution in [0.3, 0.4) is 0 Å². The lowest BCUT2D eigenvalue weighted by atomic mass is 10.00. The second kappa shape index (κ2) is 3.53. The van der Waals surface area contributed by atoms with E-state index in [1.807, 2.05) is 19.9 Å². The maximum Gasteiger partial charge on any atom is 0.171 e. The summed E-state index contributed by atoms with van der Waals surface area (Å²) in [5.74, 6) is 5.77. The molecule has 0 aliphatic heterocycles. The molecule has 13 heavy (non-hydrogen) atoms. The topological polar surface area (TPSA) is 87.3 Å².